The molecule has 4 nitrogen and oxygen atoms in total. The first kappa shape index (κ1) is 8.55. The fraction of sp³-hybridized carbons (Fsp3) is 0. The van der Waals surface area contributed by atoms with Crippen LogP contribution < -0.4 is 8.37 Å². The minimum atomic E-state index is -3.90. The first-order valence-electron chi connectivity index (χ1n) is 4.31. The Morgan fingerprint density at radius 3 is 2.60 bits per heavy atom. The van der Waals surface area contributed by atoms with Gasteiger partial charge in [0.25, 0.3) is 0 Å². The van der Waals surface area contributed by atoms with Gasteiger partial charge in [0, 0.05) is 5.39 Å². The van der Waals surface area contributed by atoms with Gasteiger partial charge in [-0.3, -0.25) is 0 Å². The number of fused-ring (bicyclic) bond motifs is 3. The van der Waals surface area contributed by atoms with Gasteiger partial charge in [0.15, 0.2) is 11.5 Å². The van der Waals surface area contributed by atoms with Crippen molar-refractivity contribution in [2.45, 2.75) is 0 Å². The van der Waals surface area contributed by atoms with Crippen molar-refractivity contribution in [2.24, 2.45) is 0 Å². The van der Waals surface area contributed by atoms with Gasteiger partial charge in [-0.15, -0.1) is 8.42 Å². The fourth-order valence-corrected chi connectivity index (χ4v) is 2.36. The van der Waals surface area contributed by atoms with Crippen molar-refractivity contribution in [1.29, 1.82) is 0 Å². The van der Waals surface area contributed by atoms with Gasteiger partial charge in [-0.05, 0) is 11.5 Å². The molecule has 0 fully saturated rings. The van der Waals surface area contributed by atoms with Crippen LogP contribution in [0.25, 0.3) is 10.8 Å². The Bertz CT molecular complexity index is 646. The molecule has 15 heavy (non-hydrogen) atoms. The summed E-state index contributed by atoms with van der Waals surface area (Å²) in [6, 6.07) is 10.7. The second kappa shape index (κ2) is 2.64. The maximum atomic E-state index is 11.1. The average molecular weight is 222 g/mol. The summed E-state index contributed by atoms with van der Waals surface area (Å²) in [4.78, 5) is 0. The van der Waals surface area contributed by atoms with E-state index in [0.717, 1.165) is 10.8 Å². The largest absolute Gasteiger partial charge is 0.501 e. The van der Waals surface area contributed by atoms with E-state index < -0.39 is 10.4 Å². The lowest BCUT2D eigenvalue weighted by atomic mass is 10.1. The quantitative estimate of drug-likeness (QED) is 0.682. The van der Waals surface area contributed by atoms with Crippen molar-refractivity contribution in [3.8, 4) is 11.5 Å². The lowest BCUT2D eigenvalue weighted by Gasteiger charge is -1.99. The predicted molar refractivity (Wildman–Crippen MR) is 54.1 cm³/mol. The van der Waals surface area contributed by atoms with Crippen LogP contribution in [-0.4, -0.2) is 8.42 Å². The van der Waals surface area contributed by atoms with Crippen LogP contribution in [0.2, 0.25) is 0 Å². The first-order valence-corrected chi connectivity index (χ1v) is 5.65. The molecule has 2 aromatic rings. The van der Waals surface area contributed by atoms with Crippen LogP contribution in [0.5, 0.6) is 11.5 Å². The maximum Gasteiger partial charge on any atom is 0.501 e. The standard InChI is InChI=1S/C10H6O4S/c11-15(12)13-9-6-5-7-3-1-2-4-8(7)10(9)14-15/h1-6H. The lowest BCUT2D eigenvalue weighted by molar-refractivity contribution is 0.437. The summed E-state index contributed by atoms with van der Waals surface area (Å²) in [7, 11) is -3.90. The average Bonchev–Trinajstić information content (AvgIpc) is 2.52. The predicted octanol–water partition coefficient (Wildman–Crippen LogP) is 1.86. The summed E-state index contributed by atoms with van der Waals surface area (Å²) in [6.07, 6.45) is 0. The van der Waals surface area contributed by atoms with Crippen molar-refractivity contribution in [1.82, 2.24) is 0 Å². The minimum absolute atomic E-state index is 0.244. The van der Waals surface area contributed by atoms with Gasteiger partial charge in [-0.1, -0.05) is 30.3 Å². The third-order valence-corrected chi connectivity index (χ3v) is 2.98. The van der Waals surface area contributed by atoms with Crippen LogP contribution in [0.3, 0.4) is 0 Å². The molecule has 0 aliphatic carbocycles. The van der Waals surface area contributed by atoms with Gasteiger partial charge in [0.1, 0.15) is 0 Å². The molecular formula is C10H6O4S. The van der Waals surface area contributed by atoms with E-state index in [1.54, 1.807) is 18.2 Å². The van der Waals surface area contributed by atoms with Gasteiger partial charge < -0.3 is 8.37 Å². The van der Waals surface area contributed by atoms with E-state index in [1.165, 1.54) is 0 Å². The summed E-state index contributed by atoms with van der Waals surface area (Å²) in [5.41, 5.74) is 0. The molecule has 0 saturated carbocycles. The highest BCUT2D eigenvalue weighted by Gasteiger charge is 2.29. The van der Waals surface area contributed by atoms with Crippen molar-refractivity contribution in [3.63, 3.8) is 0 Å². The molecule has 1 heterocycles. The SMILES string of the molecule is O=S1(=O)Oc2ccc3ccccc3c2O1. The molecule has 0 saturated heterocycles. The van der Waals surface area contributed by atoms with Crippen molar-refractivity contribution >= 4 is 21.2 Å². The highest BCUT2D eigenvalue weighted by Crippen LogP contribution is 2.41. The zero-order chi connectivity index (χ0) is 10.5. The van der Waals surface area contributed by atoms with E-state index in [1.807, 2.05) is 18.2 Å². The van der Waals surface area contributed by atoms with Crippen LogP contribution in [-0.2, 0) is 10.4 Å². The summed E-state index contributed by atoms with van der Waals surface area (Å²) in [5, 5.41) is 1.65. The maximum absolute atomic E-state index is 11.1. The van der Waals surface area contributed by atoms with Crippen molar-refractivity contribution in [2.75, 3.05) is 0 Å². The van der Waals surface area contributed by atoms with Crippen molar-refractivity contribution < 1.29 is 16.8 Å². The number of benzene rings is 2. The zero-order valence-corrected chi connectivity index (χ0v) is 8.32. The number of rotatable bonds is 0. The molecule has 5 heteroatoms. The minimum Gasteiger partial charge on any atom is -0.349 e. The lowest BCUT2D eigenvalue weighted by Crippen LogP contribution is -2.08. The Labute approximate surface area is 86.4 Å². The monoisotopic (exact) mass is 222 g/mol. The van der Waals surface area contributed by atoms with E-state index in [4.69, 9.17) is 4.18 Å². The summed E-state index contributed by atoms with van der Waals surface area (Å²) >= 11 is 0. The van der Waals surface area contributed by atoms with Crippen LogP contribution in [0.4, 0.5) is 0 Å². The topological polar surface area (TPSA) is 52.6 Å². The Hall–Kier alpha value is -1.75. The van der Waals surface area contributed by atoms with Crippen molar-refractivity contribution in [3.05, 3.63) is 36.4 Å². The smallest absolute Gasteiger partial charge is 0.349 e. The Morgan fingerprint density at radius 2 is 1.73 bits per heavy atom. The van der Waals surface area contributed by atoms with Gasteiger partial charge in [-0.2, -0.15) is 0 Å². The molecule has 0 spiro atoms. The number of hydrogen-bond donors (Lipinski definition) is 0. The number of hydrogen-bond acceptors (Lipinski definition) is 4. The van der Waals surface area contributed by atoms with Crippen LogP contribution in [0.15, 0.2) is 36.4 Å². The molecule has 1 aliphatic heterocycles. The molecule has 0 aromatic heterocycles. The molecule has 0 amide bonds. The van der Waals surface area contributed by atoms with Crippen LogP contribution in [0.1, 0.15) is 0 Å². The van der Waals surface area contributed by atoms with E-state index in [9.17, 15) is 8.42 Å². The zero-order valence-electron chi connectivity index (χ0n) is 7.51. The first-order chi connectivity index (χ1) is 7.16. The normalized spacial score (nSPS) is 16.8. The van der Waals surface area contributed by atoms with Crippen LogP contribution in [0, 0.1) is 0 Å². The molecule has 0 radical (unpaired) electrons. The van der Waals surface area contributed by atoms with Gasteiger partial charge >= 0.3 is 10.4 Å². The third-order valence-electron chi connectivity index (χ3n) is 2.22. The van der Waals surface area contributed by atoms with E-state index in [0.29, 0.717) is 0 Å². The molecule has 76 valence electrons. The Kier molecular flexibility index (Phi) is 1.50. The summed E-state index contributed by atoms with van der Waals surface area (Å²) in [5.74, 6) is 0.516. The van der Waals surface area contributed by atoms with Gasteiger partial charge in [0.2, 0.25) is 0 Å². The third kappa shape index (κ3) is 1.24. The molecule has 0 N–H and O–H groups in total. The molecule has 0 bridgehead atoms. The molecule has 1 aliphatic rings. The van der Waals surface area contributed by atoms with Gasteiger partial charge in [0.05, 0.1) is 0 Å². The van der Waals surface area contributed by atoms with Gasteiger partial charge in [-0.25, -0.2) is 0 Å². The molecule has 0 atom stereocenters. The summed E-state index contributed by atoms with van der Waals surface area (Å²) in [6.45, 7) is 0. The highest BCUT2D eigenvalue weighted by atomic mass is 32.3. The van der Waals surface area contributed by atoms with E-state index in [-0.39, 0.29) is 11.5 Å². The van der Waals surface area contributed by atoms with Crippen LogP contribution >= 0.6 is 0 Å². The molecule has 3 rings (SSSR count). The molecular weight excluding hydrogens is 216 g/mol. The highest BCUT2D eigenvalue weighted by molar-refractivity contribution is 7.82. The second-order valence-electron chi connectivity index (χ2n) is 3.19. The van der Waals surface area contributed by atoms with E-state index >= 15 is 0 Å². The Morgan fingerprint density at radius 1 is 0.933 bits per heavy atom. The molecule has 0 unspecified atom stereocenters. The Balaban J connectivity index is 2.39. The summed E-state index contributed by atoms with van der Waals surface area (Å²) < 4.78 is 31.6. The van der Waals surface area contributed by atoms with E-state index in [2.05, 4.69) is 4.18 Å². The fourth-order valence-electron chi connectivity index (χ4n) is 1.60. The molecule has 2 aromatic carbocycles. The second-order valence-corrected chi connectivity index (χ2v) is 4.34.